The Hall–Kier alpha value is -2.79. The minimum atomic E-state index is -0.140. The van der Waals surface area contributed by atoms with Crippen molar-refractivity contribution in [3.8, 4) is 5.75 Å². The minimum absolute atomic E-state index is 0.0448. The van der Waals surface area contributed by atoms with Gasteiger partial charge in [0.15, 0.2) is 0 Å². The van der Waals surface area contributed by atoms with Crippen LogP contribution in [-0.2, 0) is 6.54 Å². The molecule has 118 valence electrons. The highest BCUT2D eigenvalue weighted by Gasteiger charge is 2.09. The van der Waals surface area contributed by atoms with Gasteiger partial charge < -0.3 is 20.1 Å². The predicted molar refractivity (Wildman–Crippen MR) is 88.5 cm³/mol. The van der Waals surface area contributed by atoms with Crippen LogP contribution in [0.3, 0.4) is 0 Å². The number of aromatic amines is 1. The second-order valence-electron chi connectivity index (χ2n) is 5.14. The average molecular weight is 310 g/mol. The van der Waals surface area contributed by atoms with Crippen molar-refractivity contribution >= 4 is 16.8 Å². The molecule has 1 aromatic heterocycles. The highest BCUT2D eigenvalue weighted by atomic mass is 16.5. The molecule has 3 N–H and O–H groups in total. The number of aliphatic hydroxyl groups excluding tert-OH is 1. The summed E-state index contributed by atoms with van der Waals surface area (Å²) < 4.78 is 5.47. The van der Waals surface area contributed by atoms with Crippen molar-refractivity contribution in [1.82, 2.24) is 10.3 Å². The summed E-state index contributed by atoms with van der Waals surface area (Å²) in [6.45, 7) is 0.550. The molecule has 5 nitrogen and oxygen atoms in total. The lowest BCUT2D eigenvalue weighted by Gasteiger charge is -2.11. The molecule has 0 aliphatic carbocycles. The number of hydrogen-bond donors (Lipinski definition) is 3. The molecule has 0 spiro atoms. The molecule has 5 heteroatoms. The largest absolute Gasteiger partial charge is 0.491 e. The van der Waals surface area contributed by atoms with Gasteiger partial charge in [0.05, 0.1) is 6.61 Å². The molecule has 0 aliphatic heterocycles. The summed E-state index contributed by atoms with van der Waals surface area (Å²) in [5.74, 6) is 0.528. The van der Waals surface area contributed by atoms with Crippen LogP contribution < -0.4 is 10.1 Å². The van der Waals surface area contributed by atoms with E-state index in [0.717, 1.165) is 16.5 Å². The van der Waals surface area contributed by atoms with Gasteiger partial charge >= 0.3 is 0 Å². The smallest absolute Gasteiger partial charge is 0.251 e. The van der Waals surface area contributed by atoms with Crippen LogP contribution in [0.25, 0.3) is 10.9 Å². The summed E-state index contributed by atoms with van der Waals surface area (Å²) in [5, 5.41) is 12.8. The Balaban J connectivity index is 1.69. The fourth-order valence-electron chi connectivity index (χ4n) is 2.41. The Bertz CT molecular complexity index is 811. The summed E-state index contributed by atoms with van der Waals surface area (Å²) in [6, 6.07) is 15.0. The first-order valence-corrected chi connectivity index (χ1v) is 7.45. The minimum Gasteiger partial charge on any atom is -0.491 e. The second-order valence-corrected chi connectivity index (χ2v) is 5.14. The molecule has 1 amide bonds. The first kappa shape index (κ1) is 15.1. The van der Waals surface area contributed by atoms with E-state index >= 15 is 0 Å². The Morgan fingerprint density at radius 1 is 1.17 bits per heavy atom. The number of carbonyl (C=O) groups excluding carboxylic acids is 1. The van der Waals surface area contributed by atoms with E-state index in [9.17, 15) is 4.79 Å². The first-order chi connectivity index (χ1) is 11.3. The maximum Gasteiger partial charge on any atom is 0.251 e. The Morgan fingerprint density at radius 2 is 2.04 bits per heavy atom. The molecule has 3 rings (SSSR count). The van der Waals surface area contributed by atoms with Crippen molar-refractivity contribution in [2.24, 2.45) is 0 Å². The molecule has 0 aliphatic rings. The number of amides is 1. The van der Waals surface area contributed by atoms with Crippen molar-refractivity contribution in [1.29, 1.82) is 0 Å². The molecular weight excluding hydrogens is 292 g/mol. The summed E-state index contributed by atoms with van der Waals surface area (Å²) >= 11 is 0. The van der Waals surface area contributed by atoms with Gasteiger partial charge in [-0.1, -0.05) is 24.3 Å². The van der Waals surface area contributed by atoms with E-state index in [0.29, 0.717) is 17.9 Å². The lowest BCUT2D eigenvalue weighted by atomic mass is 10.1. The van der Waals surface area contributed by atoms with Gasteiger partial charge in [0.1, 0.15) is 12.4 Å². The number of H-pyrrole nitrogens is 1. The summed E-state index contributed by atoms with van der Waals surface area (Å²) in [6.07, 6.45) is 1.85. The Morgan fingerprint density at radius 3 is 2.91 bits per heavy atom. The van der Waals surface area contributed by atoms with Crippen molar-refractivity contribution in [2.75, 3.05) is 13.2 Å². The van der Waals surface area contributed by atoms with Crippen LogP contribution in [0.4, 0.5) is 0 Å². The molecule has 0 saturated heterocycles. The van der Waals surface area contributed by atoms with E-state index in [-0.39, 0.29) is 19.1 Å². The standard InChI is InChI=1S/C18H18N2O3/c21-9-10-23-17-4-2-1-3-15(17)12-20-18(22)14-6-5-13-7-8-19-16(13)11-14/h1-8,11,19,21H,9-10,12H2,(H,20,22). The topological polar surface area (TPSA) is 74.3 Å². The van der Waals surface area contributed by atoms with Gasteiger partial charge in [-0.25, -0.2) is 0 Å². The predicted octanol–water partition coefficient (Wildman–Crippen LogP) is 2.47. The van der Waals surface area contributed by atoms with Gasteiger partial charge in [0, 0.05) is 29.4 Å². The fourth-order valence-corrected chi connectivity index (χ4v) is 2.41. The van der Waals surface area contributed by atoms with Crippen molar-refractivity contribution < 1.29 is 14.6 Å². The molecule has 0 radical (unpaired) electrons. The number of nitrogens with one attached hydrogen (secondary N) is 2. The molecule has 0 fully saturated rings. The number of aromatic nitrogens is 1. The van der Waals surface area contributed by atoms with E-state index in [1.165, 1.54) is 0 Å². The summed E-state index contributed by atoms with van der Waals surface area (Å²) in [7, 11) is 0. The van der Waals surface area contributed by atoms with Crippen molar-refractivity contribution in [2.45, 2.75) is 6.54 Å². The zero-order valence-corrected chi connectivity index (χ0v) is 12.6. The maximum atomic E-state index is 12.3. The molecule has 2 aromatic carbocycles. The van der Waals surface area contributed by atoms with Gasteiger partial charge in [-0.05, 0) is 29.7 Å². The number of rotatable bonds is 6. The van der Waals surface area contributed by atoms with Crippen LogP contribution in [0.1, 0.15) is 15.9 Å². The normalized spacial score (nSPS) is 10.7. The van der Waals surface area contributed by atoms with Crippen LogP contribution >= 0.6 is 0 Å². The van der Waals surface area contributed by atoms with E-state index in [4.69, 9.17) is 9.84 Å². The molecule has 0 unspecified atom stereocenters. The van der Waals surface area contributed by atoms with Crippen LogP contribution in [-0.4, -0.2) is 29.2 Å². The van der Waals surface area contributed by atoms with Gasteiger partial charge in [0.2, 0.25) is 0 Å². The maximum absolute atomic E-state index is 12.3. The quantitative estimate of drug-likeness (QED) is 0.655. The highest BCUT2D eigenvalue weighted by Crippen LogP contribution is 2.18. The third kappa shape index (κ3) is 3.52. The molecule has 1 heterocycles. The number of ether oxygens (including phenoxy) is 1. The Labute approximate surface area is 133 Å². The van der Waals surface area contributed by atoms with Gasteiger partial charge in [0.25, 0.3) is 5.91 Å². The molecule has 0 bridgehead atoms. The van der Waals surface area contributed by atoms with Crippen molar-refractivity contribution in [3.63, 3.8) is 0 Å². The van der Waals surface area contributed by atoms with E-state index in [1.807, 2.05) is 48.7 Å². The van der Waals surface area contributed by atoms with Gasteiger partial charge in [-0.3, -0.25) is 4.79 Å². The van der Waals surface area contributed by atoms with Crippen molar-refractivity contribution in [3.05, 3.63) is 65.9 Å². The van der Waals surface area contributed by atoms with Crippen LogP contribution in [0, 0.1) is 0 Å². The van der Waals surface area contributed by atoms with Gasteiger partial charge in [-0.2, -0.15) is 0 Å². The third-order valence-electron chi connectivity index (χ3n) is 3.58. The SMILES string of the molecule is O=C(NCc1ccccc1OCCO)c1ccc2cc[nH]c2c1. The first-order valence-electron chi connectivity index (χ1n) is 7.45. The zero-order valence-electron chi connectivity index (χ0n) is 12.6. The second kappa shape index (κ2) is 6.98. The lowest BCUT2D eigenvalue weighted by Crippen LogP contribution is -2.23. The fraction of sp³-hybridized carbons (Fsp3) is 0.167. The average Bonchev–Trinajstić information content (AvgIpc) is 3.06. The number of benzene rings is 2. The van der Waals surface area contributed by atoms with Gasteiger partial charge in [-0.15, -0.1) is 0 Å². The van der Waals surface area contributed by atoms with Crippen LogP contribution in [0.5, 0.6) is 5.75 Å². The molecule has 23 heavy (non-hydrogen) atoms. The monoisotopic (exact) mass is 310 g/mol. The van der Waals surface area contributed by atoms with E-state index in [1.54, 1.807) is 6.07 Å². The number of para-hydroxylation sites is 1. The van der Waals surface area contributed by atoms with E-state index < -0.39 is 0 Å². The number of hydrogen-bond acceptors (Lipinski definition) is 3. The molecule has 0 saturated carbocycles. The van der Waals surface area contributed by atoms with Crippen LogP contribution in [0.2, 0.25) is 0 Å². The highest BCUT2D eigenvalue weighted by molar-refractivity contribution is 5.97. The zero-order chi connectivity index (χ0) is 16.1. The van der Waals surface area contributed by atoms with E-state index in [2.05, 4.69) is 10.3 Å². The molecule has 0 atom stereocenters. The Kier molecular flexibility index (Phi) is 4.59. The summed E-state index contributed by atoms with van der Waals surface area (Å²) in [5.41, 5.74) is 2.41. The number of carbonyl (C=O) groups is 1. The van der Waals surface area contributed by atoms with Crippen LogP contribution in [0.15, 0.2) is 54.7 Å². The molecule has 3 aromatic rings. The summed E-state index contributed by atoms with van der Waals surface area (Å²) in [4.78, 5) is 15.4. The number of fused-ring (bicyclic) bond motifs is 1. The number of aliphatic hydroxyl groups is 1. The third-order valence-corrected chi connectivity index (χ3v) is 3.58. The molecular formula is C18H18N2O3. The lowest BCUT2D eigenvalue weighted by molar-refractivity contribution is 0.0950.